The first kappa shape index (κ1) is 46.0. The Morgan fingerprint density at radius 3 is 1.54 bits per heavy atom. The topological polar surface area (TPSA) is 108 Å². The van der Waals surface area contributed by atoms with E-state index in [0.29, 0.717) is 23.9 Å². The molecule has 0 fully saturated rings. The minimum atomic E-state index is -1.50. The Kier molecular flexibility index (Phi) is 30.9. The lowest BCUT2D eigenvalue weighted by molar-refractivity contribution is -0.870. The lowest BCUT2D eigenvalue weighted by Gasteiger charge is -2.25. The molecule has 9 nitrogen and oxygen atoms in total. The maximum atomic E-state index is 12.7. The summed E-state index contributed by atoms with van der Waals surface area (Å²) in [7, 11) is 5.94. The Labute approximate surface area is 294 Å². The molecule has 0 aliphatic carbocycles. The van der Waals surface area contributed by atoms with Crippen LogP contribution in [0.2, 0.25) is 0 Å². The van der Waals surface area contributed by atoms with Crippen LogP contribution < -0.4 is 0 Å². The third-order valence-electron chi connectivity index (χ3n) is 8.27. The number of nitrogens with zero attached hydrogens (tertiary/aromatic N) is 1. The van der Waals surface area contributed by atoms with Gasteiger partial charge in [-0.15, -0.1) is 0 Å². The predicted molar refractivity (Wildman–Crippen MR) is 194 cm³/mol. The second kappa shape index (κ2) is 32.2. The summed E-state index contributed by atoms with van der Waals surface area (Å²) in [5, 5.41) is 9.57. The molecule has 0 spiro atoms. The Balaban J connectivity index is 4.51. The van der Waals surface area contributed by atoms with Crippen LogP contribution in [0.25, 0.3) is 0 Å². The average Bonchev–Trinajstić information content (AvgIpc) is 3.03. The number of allylic oxidation sites excluding steroid dienone is 2. The van der Waals surface area contributed by atoms with Crippen LogP contribution in [0.1, 0.15) is 162 Å². The Morgan fingerprint density at radius 1 is 0.604 bits per heavy atom. The first-order valence-corrected chi connectivity index (χ1v) is 19.4. The van der Waals surface area contributed by atoms with Crippen molar-refractivity contribution in [2.24, 2.45) is 0 Å². The number of likely N-dealkylation sites (N-methyl/N-ethyl adjacent to an activating group) is 1. The molecule has 0 aromatic heterocycles. The summed E-state index contributed by atoms with van der Waals surface area (Å²) in [5.74, 6) is -2.02. The largest absolute Gasteiger partial charge is 0.477 e. The molecule has 1 N–H and O–H groups in total. The molecule has 0 saturated carbocycles. The molecule has 2 atom stereocenters. The first-order valence-electron chi connectivity index (χ1n) is 19.4. The summed E-state index contributed by atoms with van der Waals surface area (Å²) in [6.45, 7) is 4.81. The zero-order chi connectivity index (χ0) is 35.7. The summed E-state index contributed by atoms with van der Waals surface area (Å²) in [6.07, 6.45) is 27.1. The minimum Gasteiger partial charge on any atom is -0.477 e. The van der Waals surface area contributed by atoms with Crippen LogP contribution in [-0.4, -0.2) is 87.4 Å². The number of unbranched alkanes of at least 4 members (excludes halogenated alkanes) is 18. The van der Waals surface area contributed by atoms with Crippen molar-refractivity contribution in [2.45, 2.75) is 174 Å². The van der Waals surface area contributed by atoms with Crippen LogP contribution in [0.4, 0.5) is 0 Å². The zero-order valence-electron chi connectivity index (χ0n) is 31.7. The molecular formula is C39H74NO8+. The maximum Gasteiger partial charge on any atom is 0.361 e. The van der Waals surface area contributed by atoms with Gasteiger partial charge in [-0.3, -0.25) is 9.59 Å². The van der Waals surface area contributed by atoms with E-state index in [-0.39, 0.29) is 32.2 Å². The van der Waals surface area contributed by atoms with Crippen molar-refractivity contribution in [3.05, 3.63) is 12.2 Å². The number of carboxylic acids is 1. The van der Waals surface area contributed by atoms with Gasteiger partial charge in [0.15, 0.2) is 6.10 Å². The summed E-state index contributed by atoms with van der Waals surface area (Å²) < 4.78 is 22.6. The van der Waals surface area contributed by atoms with Crippen molar-refractivity contribution in [3.63, 3.8) is 0 Å². The van der Waals surface area contributed by atoms with Gasteiger partial charge in [0.25, 0.3) is 6.29 Å². The number of carboxylic acid groups (broad SMARTS) is 1. The van der Waals surface area contributed by atoms with Gasteiger partial charge in [0, 0.05) is 12.8 Å². The van der Waals surface area contributed by atoms with Gasteiger partial charge in [-0.25, -0.2) is 4.79 Å². The molecule has 2 unspecified atom stereocenters. The van der Waals surface area contributed by atoms with Gasteiger partial charge < -0.3 is 28.5 Å². The fourth-order valence-corrected chi connectivity index (χ4v) is 5.18. The molecule has 0 heterocycles. The quantitative estimate of drug-likeness (QED) is 0.0232. The van der Waals surface area contributed by atoms with Crippen LogP contribution in [0.5, 0.6) is 0 Å². The molecule has 0 aromatic carbocycles. The lowest BCUT2D eigenvalue weighted by atomic mass is 10.1. The van der Waals surface area contributed by atoms with E-state index in [4.69, 9.17) is 18.9 Å². The van der Waals surface area contributed by atoms with Gasteiger partial charge in [0.05, 0.1) is 34.4 Å². The fraction of sp³-hybridized carbons (Fsp3) is 0.872. The molecule has 0 aliphatic heterocycles. The number of rotatable bonds is 35. The number of hydrogen-bond acceptors (Lipinski definition) is 7. The number of carbonyl (C=O) groups is 3. The Hall–Kier alpha value is -1.97. The Morgan fingerprint density at radius 2 is 1.06 bits per heavy atom. The number of carbonyl (C=O) groups excluding carboxylic acids is 2. The van der Waals surface area contributed by atoms with Crippen LogP contribution in [-0.2, 0) is 33.3 Å². The van der Waals surface area contributed by atoms with E-state index in [1.807, 2.05) is 21.1 Å². The van der Waals surface area contributed by atoms with Crippen molar-refractivity contribution in [1.82, 2.24) is 0 Å². The second-order valence-corrected chi connectivity index (χ2v) is 14.2. The van der Waals surface area contributed by atoms with Crippen molar-refractivity contribution < 1.29 is 42.9 Å². The molecule has 0 rings (SSSR count). The van der Waals surface area contributed by atoms with E-state index in [1.54, 1.807) is 0 Å². The van der Waals surface area contributed by atoms with Gasteiger partial charge in [0.1, 0.15) is 13.2 Å². The van der Waals surface area contributed by atoms with E-state index < -0.39 is 24.3 Å². The summed E-state index contributed by atoms with van der Waals surface area (Å²) >= 11 is 0. The molecule has 0 bridgehead atoms. The molecule has 282 valence electrons. The summed E-state index contributed by atoms with van der Waals surface area (Å²) in [4.78, 5) is 36.8. The van der Waals surface area contributed by atoms with Crippen molar-refractivity contribution in [2.75, 3.05) is 47.5 Å². The standard InChI is InChI=1S/C39H73NO8/c1-6-8-10-12-14-16-17-18-19-20-21-22-24-26-28-30-37(42)48-35(34-47-39(38(43)44)45-32-31-40(3,4)5)33-46-36(41)29-27-25-23-15-13-11-9-7-2/h18-19,35,39H,6-17,20-34H2,1-5H3/p+1/b19-18-. The molecule has 0 saturated heterocycles. The highest BCUT2D eigenvalue weighted by Gasteiger charge is 2.25. The molecule has 48 heavy (non-hydrogen) atoms. The minimum absolute atomic E-state index is 0.181. The normalized spacial score (nSPS) is 13.1. The Bertz CT molecular complexity index is 810. The van der Waals surface area contributed by atoms with Gasteiger partial charge >= 0.3 is 17.9 Å². The highest BCUT2D eigenvalue weighted by Crippen LogP contribution is 2.13. The maximum absolute atomic E-state index is 12.7. The van der Waals surface area contributed by atoms with E-state index in [0.717, 1.165) is 51.4 Å². The predicted octanol–water partition coefficient (Wildman–Crippen LogP) is 9.16. The number of quaternary nitrogens is 1. The number of ether oxygens (including phenoxy) is 4. The first-order chi connectivity index (χ1) is 23.1. The van der Waals surface area contributed by atoms with Gasteiger partial charge in [-0.05, 0) is 38.5 Å². The molecule has 0 aromatic rings. The van der Waals surface area contributed by atoms with E-state index >= 15 is 0 Å². The molecule has 0 aliphatic rings. The smallest absolute Gasteiger partial charge is 0.361 e. The molecule has 0 radical (unpaired) electrons. The van der Waals surface area contributed by atoms with Gasteiger partial charge in [-0.2, -0.15) is 0 Å². The fourth-order valence-electron chi connectivity index (χ4n) is 5.18. The summed E-state index contributed by atoms with van der Waals surface area (Å²) in [6, 6.07) is 0. The van der Waals surface area contributed by atoms with Crippen LogP contribution in [0.15, 0.2) is 12.2 Å². The SMILES string of the molecule is CCCCCCCC/C=C\CCCCCCCC(=O)OC(COC(=O)CCCCCCCCCC)COC(OCC[N+](C)(C)C)C(=O)O. The summed E-state index contributed by atoms with van der Waals surface area (Å²) in [5.41, 5.74) is 0. The zero-order valence-corrected chi connectivity index (χ0v) is 31.7. The number of hydrogen-bond donors (Lipinski definition) is 1. The monoisotopic (exact) mass is 685 g/mol. The lowest BCUT2D eigenvalue weighted by Crippen LogP contribution is -2.40. The van der Waals surface area contributed by atoms with Crippen molar-refractivity contribution in [1.29, 1.82) is 0 Å². The van der Waals surface area contributed by atoms with E-state index in [2.05, 4.69) is 26.0 Å². The van der Waals surface area contributed by atoms with Crippen LogP contribution in [0.3, 0.4) is 0 Å². The van der Waals surface area contributed by atoms with Crippen LogP contribution in [0, 0.1) is 0 Å². The highest BCUT2D eigenvalue weighted by atomic mass is 16.7. The average molecular weight is 685 g/mol. The molecular weight excluding hydrogens is 610 g/mol. The third-order valence-corrected chi connectivity index (χ3v) is 8.27. The number of esters is 2. The van der Waals surface area contributed by atoms with E-state index in [1.165, 1.54) is 77.0 Å². The van der Waals surface area contributed by atoms with Crippen molar-refractivity contribution in [3.8, 4) is 0 Å². The van der Waals surface area contributed by atoms with Crippen molar-refractivity contribution >= 4 is 17.9 Å². The van der Waals surface area contributed by atoms with Gasteiger partial charge in [0.2, 0.25) is 0 Å². The molecule has 9 heteroatoms. The highest BCUT2D eigenvalue weighted by molar-refractivity contribution is 5.71. The number of aliphatic carboxylic acids is 1. The van der Waals surface area contributed by atoms with E-state index in [9.17, 15) is 19.5 Å². The second-order valence-electron chi connectivity index (χ2n) is 14.2. The van der Waals surface area contributed by atoms with Crippen LogP contribution >= 0.6 is 0 Å². The molecule has 0 amide bonds. The van der Waals surface area contributed by atoms with Gasteiger partial charge in [-0.1, -0.05) is 122 Å². The third kappa shape index (κ3) is 32.6.